The maximum atomic E-state index is 11.9. The largest absolute Gasteiger partial charge is 0.334 e. The second kappa shape index (κ2) is 6.78. The van der Waals surface area contributed by atoms with Crippen LogP contribution in [-0.2, 0) is 14.6 Å². The van der Waals surface area contributed by atoms with Crippen molar-refractivity contribution in [3.05, 3.63) is 30.3 Å². The van der Waals surface area contributed by atoms with Crippen LogP contribution in [0.2, 0.25) is 0 Å². The molecule has 3 N–H and O–H groups in total. The molecule has 1 aliphatic heterocycles. The van der Waals surface area contributed by atoms with E-state index in [-0.39, 0.29) is 17.4 Å². The topological polar surface area (TPSA) is 104 Å². The van der Waals surface area contributed by atoms with Crippen molar-refractivity contribution < 1.29 is 18.0 Å². The highest BCUT2D eigenvalue weighted by molar-refractivity contribution is 7.91. The van der Waals surface area contributed by atoms with Gasteiger partial charge < -0.3 is 16.0 Å². The molecule has 7 nitrogen and oxygen atoms in total. The molecular formula is C14H19N3O4S. The molecule has 120 valence electrons. The predicted molar refractivity (Wildman–Crippen MR) is 83.3 cm³/mol. The van der Waals surface area contributed by atoms with Crippen molar-refractivity contribution in [1.82, 2.24) is 10.6 Å². The van der Waals surface area contributed by atoms with Gasteiger partial charge in [-0.25, -0.2) is 13.2 Å². The van der Waals surface area contributed by atoms with Crippen LogP contribution in [0.4, 0.5) is 10.5 Å². The lowest BCUT2D eigenvalue weighted by Gasteiger charge is -2.17. The average Bonchev–Trinajstić information content (AvgIpc) is 2.78. The minimum absolute atomic E-state index is 0.0506. The Labute approximate surface area is 129 Å². The van der Waals surface area contributed by atoms with Crippen LogP contribution in [-0.4, -0.2) is 43.9 Å². The monoisotopic (exact) mass is 325 g/mol. The summed E-state index contributed by atoms with van der Waals surface area (Å²) in [7, 11) is -3.05. The lowest BCUT2D eigenvalue weighted by Crippen LogP contribution is -2.49. The van der Waals surface area contributed by atoms with Crippen LogP contribution in [0.1, 0.15) is 13.3 Å². The third-order valence-electron chi connectivity index (χ3n) is 3.35. The van der Waals surface area contributed by atoms with E-state index in [1.807, 2.05) is 6.07 Å². The van der Waals surface area contributed by atoms with Gasteiger partial charge in [0.15, 0.2) is 9.84 Å². The summed E-state index contributed by atoms with van der Waals surface area (Å²) in [6.07, 6.45) is 0.403. The lowest BCUT2D eigenvalue weighted by molar-refractivity contribution is -0.117. The highest BCUT2D eigenvalue weighted by atomic mass is 32.2. The van der Waals surface area contributed by atoms with E-state index in [1.54, 1.807) is 31.2 Å². The fourth-order valence-corrected chi connectivity index (χ4v) is 3.84. The number of carbonyl (C=O) groups is 2. The maximum absolute atomic E-state index is 11.9. The van der Waals surface area contributed by atoms with Crippen LogP contribution in [0, 0.1) is 0 Å². The fourth-order valence-electron chi connectivity index (χ4n) is 2.17. The van der Waals surface area contributed by atoms with Gasteiger partial charge in [0.1, 0.15) is 6.04 Å². The van der Waals surface area contributed by atoms with Crippen LogP contribution in [0.3, 0.4) is 0 Å². The molecule has 0 aliphatic carbocycles. The molecule has 2 rings (SSSR count). The van der Waals surface area contributed by atoms with Crippen molar-refractivity contribution in [1.29, 1.82) is 0 Å². The van der Waals surface area contributed by atoms with Crippen molar-refractivity contribution in [3.63, 3.8) is 0 Å². The molecule has 1 saturated heterocycles. The molecule has 0 radical (unpaired) electrons. The van der Waals surface area contributed by atoms with Crippen molar-refractivity contribution in [2.75, 3.05) is 16.8 Å². The van der Waals surface area contributed by atoms with Crippen molar-refractivity contribution >= 4 is 27.5 Å². The number of hydrogen-bond acceptors (Lipinski definition) is 4. The first-order valence-electron chi connectivity index (χ1n) is 6.99. The number of carbonyl (C=O) groups excluding carboxylic acids is 2. The Morgan fingerprint density at radius 1 is 1.23 bits per heavy atom. The second-order valence-electron chi connectivity index (χ2n) is 5.29. The summed E-state index contributed by atoms with van der Waals surface area (Å²) in [6.45, 7) is 1.56. The molecule has 2 atom stereocenters. The van der Waals surface area contributed by atoms with Crippen LogP contribution >= 0.6 is 0 Å². The van der Waals surface area contributed by atoms with E-state index in [1.165, 1.54) is 0 Å². The van der Waals surface area contributed by atoms with E-state index in [4.69, 9.17) is 0 Å². The van der Waals surface area contributed by atoms with Crippen LogP contribution in [0.15, 0.2) is 30.3 Å². The molecule has 0 saturated carbocycles. The molecule has 0 spiro atoms. The van der Waals surface area contributed by atoms with Crippen molar-refractivity contribution in [3.8, 4) is 0 Å². The Kier molecular flexibility index (Phi) is 5.02. The van der Waals surface area contributed by atoms with Crippen LogP contribution in [0.5, 0.6) is 0 Å². The molecule has 0 bridgehead atoms. The summed E-state index contributed by atoms with van der Waals surface area (Å²) in [5, 5.41) is 7.75. The third kappa shape index (κ3) is 4.73. The quantitative estimate of drug-likeness (QED) is 0.750. The van der Waals surface area contributed by atoms with E-state index >= 15 is 0 Å². The number of para-hydroxylation sites is 1. The summed E-state index contributed by atoms with van der Waals surface area (Å²) >= 11 is 0. The maximum Gasteiger partial charge on any atom is 0.315 e. The SMILES string of the molecule is C[C@@H](NC(=O)NC1CCS(=O)(=O)C1)C(=O)Nc1ccccc1. The minimum atomic E-state index is -3.05. The van der Waals surface area contributed by atoms with Crippen molar-refractivity contribution in [2.45, 2.75) is 25.4 Å². The van der Waals surface area contributed by atoms with Crippen LogP contribution in [0.25, 0.3) is 0 Å². The number of amides is 3. The van der Waals surface area contributed by atoms with E-state index in [0.29, 0.717) is 12.1 Å². The van der Waals surface area contributed by atoms with Gasteiger partial charge in [-0.2, -0.15) is 0 Å². The number of urea groups is 1. The van der Waals surface area contributed by atoms with Gasteiger partial charge in [0, 0.05) is 11.7 Å². The molecule has 3 amide bonds. The Morgan fingerprint density at radius 2 is 1.91 bits per heavy atom. The average molecular weight is 325 g/mol. The molecule has 1 fully saturated rings. The number of hydrogen-bond donors (Lipinski definition) is 3. The summed E-state index contributed by atoms with van der Waals surface area (Å²) in [6, 6.07) is 7.23. The molecule has 8 heteroatoms. The molecule has 1 aromatic rings. The third-order valence-corrected chi connectivity index (χ3v) is 5.12. The van der Waals surface area contributed by atoms with Gasteiger partial charge >= 0.3 is 6.03 Å². The Hall–Kier alpha value is -2.09. The second-order valence-corrected chi connectivity index (χ2v) is 7.52. The molecule has 1 unspecified atom stereocenters. The van der Waals surface area contributed by atoms with Gasteiger partial charge in [-0.3, -0.25) is 4.79 Å². The Morgan fingerprint density at radius 3 is 2.50 bits per heavy atom. The lowest BCUT2D eigenvalue weighted by atomic mass is 10.2. The predicted octanol–water partition coefficient (Wildman–Crippen LogP) is 0.500. The van der Waals surface area contributed by atoms with E-state index in [0.717, 1.165) is 0 Å². The number of anilines is 1. The first-order chi connectivity index (χ1) is 10.4. The number of benzene rings is 1. The van der Waals surface area contributed by atoms with Crippen molar-refractivity contribution in [2.24, 2.45) is 0 Å². The molecule has 1 aromatic carbocycles. The van der Waals surface area contributed by atoms with Gasteiger partial charge in [-0.1, -0.05) is 18.2 Å². The zero-order valence-electron chi connectivity index (χ0n) is 12.2. The van der Waals surface area contributed by atoms with Crippen LogP contribution < -0.4 is 16.0 Å². The van der Waals surface area contributed by atoms with Gasteiger partial charge in [0.05, 0.1) is 11.5 Å². The van der Waals surface area contributed by atoms with Gasteiger partial charge in [0.2, 0.25) is 5.91 Å². The molecule has 0 aromatic heterocycles. The first-order valence-corrected chi connectivity index (χ1v) is 8.81. The summed E-state index contributed by atoms with van der Waals surface area (Å²) in [4.78, 5) is 23.7. The molecule has 1 aliphatic rings. The summed E-state index contributed by atoms with van der Waals surface area (Å²) in [5.74, 6) is -0.312. The highest BCUT2D eigenvalue weighted by Crippen LogP contribution is 2.11. The number of rotatable bonds is 4. The van der Waals surface area contributed by atoms with Gasteiger partial charge in [0.25, 0.3) is 0 Å². The molecular weight excluding hydrogens is 306 g/mol. The number of nitrogens with one attached hydrogen (secondary N) is 3. The summed E-state index contributed by atoms with van der Waals surface area (Å²) in [5.41, 5.74) is 0.642. The zero-order valence-corrected chi connectivity index (χ0v) is 13.0. The van der Waals surface area contributed by atoms with E-state index < -0.39 is 28.0 Å². The standard InChI is InChI=1S/C14H19N3O4S/c1-10(13(18)16-11-5-3-2-4-6-11)15-14(19)17-12-7-8-22(20,21)9-12/h2-6,10,12H,7-9H2,1H3,(H,16,18)(H2,15,17,19)/t10-,12?/m1/s1. The van der Waals surface area contributed by atoms with E-state index in [9.17, 15) is 18.0 Å². The first kappa shape index (κ1) is 16.3. The molecule has 22 heavy (non-hydrogen) atoms. The Balaban J connectivity index is 1.80. The fraction of sp³-hybridized carbons (Fsp3) is 0.429. The zero-order chi connectivity index (χ0) is 16.2. The normalized spacial score (nSPS) is 20.9. The van der Waals surface area contributed by atoms with Gasteiger partial charge in [-0.05, 0) is 25.5 Å². The Bertz CT molecular complexity index is 645. The van der Waals surface area contributed by atoms with Gasteiger partial charge in [-0.15, -0.1) is 0 Å². The minimum Gasteiger partial charge on any atom is -0.334 e. The highest BCUT2D eigenvalue weighted by Gasteiger charge is 2.29. The van der Waals surface area contributed by atoms with E-state index in [2.05, 4.69) is 16.0 Å². The molecule has 1 heterocycles. The smallest absolute Gasteiger partial charge is 0.315 e. The number of sulfone groups is 1. The summed E-state index contributed by atoms with van der Waals surface area (Å²) < 4.78 is 22.6.